The molecule has 4 fully saturated rings. The Kier molecular flexibility index (Phi) is 4.39. The van der Waals surface area contributed by atoms with Crippen LogP contribution in [0.4, 0.5) is 0 Å². The van der Waals surface area contributed by atoms with E-state index in [1.54, 1.807) is 0 Å². The first kappa shape index (κ1) is 17.8. The second-order valence-electron chi connectivity index (χ2n) is 8.39. The number of hydroxylamine groups is 2. The van der Waals surface area contributed by atoms with Gasteiger partial charge in [0.05, 0.1) is 24.3 Å². The van der Waals surface area contributed by atoms with Gasteiger partial charge in [0.1, 0.15) is 6.10 Å². The maximum Gasteiger partial charge on any atom is 0.189 e. The lowest BCUT2D eigenvalue weighted by molar-refractivity contribution is -0.242. The summed E-state index contributed by atoms with van der Waals surface area (Å²) in [6, 6.07) is 10.8. The van der Waals surface area contributed by atoms with Crippen LogP contribution in [0.15, 0.2) is 43.0 Å². The number of fused-ring (bicyclic) bond motifs is 6. The molecule has 6 nitrogen and oxygen atoms in total. The van der Waals surface area contributed by atoms with Gasteiger partial charge in [-0.05, 0) is 25.8 Å². The summed E-state index contributed by atoms with van der Waals surface area (Å²) in [7, 11) is 0. The number of likely N-dealkylation sites (tertiary alicyclic amines) is 1. The van der Waals surface area contributed by atoms with Crippen LogP contribution in [-0.2, 0) is 25.6 Å². The fraction of sp³-hybridized carbons (Fsp3) is 0.619. The first-order chi connectivity index (χ1) is 13.0. The van der Waals surface area contributed by atoms with E-state index in [-0.39, 0.29) is 36.7 Å². The molecule has 0 radical (unpaired) electrons. The number of nitrogens with zero attached hydrogens (tertiary/aromatic N) is 2. The predicted octanol–water partition coefficient (Wildman–Crippen LogP) is 2.31. The Morgan fingerprint density at radius 1 is 1.19 bits per heavy atom. The minimum atomic E-state index is -0.605. The average Bonchev–Trinajstić information content (AvgIpc) is 3.21. The highest BCUT2D eigenvalue weighted by Gasteiger charge is 2.61. The van der Waals surface area contributed by atoms with Crippen LogP contribution in [0, 0.1) is 0 Å². The number of hydrogen-bond donors (Lipinski definition) is 0. The first-order valence-electron chi connectivity index (χ1n) is 9.87. The molecular formula is C21H28N2O4. The van der Waals surface area contributed by atoms with Gasteiger partial charge in [0.15, 0.2) is 12.1 Å². The summed E-state index contributed by atoms with van der Waals surface area (Å²) in [6.45, 7) is 10.3. The van der Waals surface area contributed by atoms with Gasteiger partial charge >= 0.3 is 0 Å². The van der Waals surface area contributed by atoms with Gasteiger partial charge in [-0.25, -0.2) is 0 Å². The third-order valence-corrected chi connectivity index (χ3v) is 6.00. The van der Waals surface area contributed by atoms with Crippen molar-refractivity contribution in [3.05, 3.63) is 48.6 Å². The molecule has 6 atom stereocenters. The van der Waals surface area contributed by atoms with Crippen molar-refractivity contribution in [1.29, 1.82) is 0 Å². The van der Waals surface area contributed by atoms with Crippen molar-refractivity contribution in [1.82, 2.24) is 9.96 Å². The highest BCUT2D eigenvalue weighted by molar-refractivity contribution is 5.15. The Labute approximate surface area is 160 Å². The summed E-state index contributed by atoms with van der Waals surface area (Å²) >= 11 is 0. The van der Waals surface area contributed by atoms with Gasteiger partial charge < -0.3 is 14.2 Å². The smallest absolute Gasteiger partial charge is 0.189 e. The SMILES string of the molecule is C=CCN1C[C@@H]2C[C@H]([C@@H]3O[C@@H]4OC(C)(C)O[C@@H]4[C@H]31)N(Cc1ccccc1)O2. The zero-order chi connectivity index (χ0) is 18.6. The topological polar surface area (TPSA) is 43.4 Å². The number of hydrogen-bond acceptors (Lipinski definition) is 6. The van der Waals surface area contributed by atoms with Gasteiger partial charge in [0.2, 0.25) is 0 Å². The van der Waals surface area contributed by atoms with Crippen molar-refractivity contribution in [2.45, 2.75) is 69.3 Å². The summed E-state index contributed by atoms with van der Waals surface area (Å²) in [5.41, 5.74) is 1.25. The zero-order valence-corrected chi connectivity index (χ0v) is 16.0. The summed E-state index contributed by atoms with van der Waals surface area (Å²) in [5, 5.41) is 2.12. The zero-order valence-electron chi connectivity index (χ0n) is 16.0. The normalized spacial score (nSPS) is 40.5. The van der Waals surface area contributed by atoms with Gasteiger partial charge in [-0.15, -0.1) is 6.58 Å². The molecule has 0 spiro atoms. The molecule has 5 rings (SSSR count). The van der Waals surface area contributed by atoms with Crippen LogP contribution in [0.3, 0.4) is 0 Å². The van der Waals surface area contributed by atoms with E-state index in [1.807, 2.05) is 26.0 Å². The summed E-state index contributed by atoms with van der Waals surface area (Å²) in [4.78, 5) is 8.71. The first-order valence-corrected chi connectivity index (χ1v) is 9.87. The highest BCUT2D eigenvalue weighted by atomic mass is 16.8. The molecule has 146 valence electrons. The van der Waals surface area contributed by atoms with Crippen LogP contribution in [0.5, 0.6) is 0 Å². The van der Waals surface area contributed by atoms with Crippen molar-refractivity contribution in [2.24, 2.45) is 0 Å². The summed E-state index contributed by atoms with van der Waals surface area (Å²) in [5.74, 6) is -0.605. The Hall–Kier alpha value is -1.28. The molecule has 4 saturated heterocycles. The van der Waals surface area contributed by atoms with E-state index in [0.717, 1.165) is 26.1 Å². The van der Waals surface area contributed by atoms with Gasteiger partial charge in [-0.1, -0.05) is 36.4 Å². The third-order valence-electron chi connectivity index (χ3n) is 6.00. The maximum absolute atomic E-state index is 6.43. The number of rotatable bonds is 4. The highest BCUT2D eigenvalue weighted by Crippen LogP contribution is 2.45. The largest absolute Gasteiger partial charge is 0.343 e. The molecule has 0 unspecified atom stereocenters. The Morgan fingerprint density at radius 3 is 2.78 bits per heavy atom. The van der Waals surface area contributed by atoms with Crippen LogP contribution in [0.25, 0.3) is 0 Å². The summed E-state index contributed by atoms with van der Waals surface area (Å²) < 4.78 is 18.7. The second kappa shape index (κ2) is 6.65. The Morgan fingerprint density at radius 2 is 2.00 bits per heavy atom. The lowest BCUT2D eigenvalue weighted by Crippen LogP contribution is -2.55. The predicted molar refractivity (Wildman–Crippen MR) is 99.5 cm³/mol. The second-order valence-corrected chi connectivity index (χ2v) is 8.39. The van der Waals surface area contributed by atoms with E-state index in [0.29, 0.717) is 0 Å². The van der Waals surface area contributed by atoms with E-state index >= 15 is 0 Å². The van der Waals surface area contributed by atoms with Crippen LogP contribution in [-0.4, -0.2) is 65.5 Å². The average molecular weight is 372 g/mol. The van der Waals surface area contributed by atoms with Crippen LogP contribution < -0.4 is 0 Å². The molecule has 27 heavy (non-hydrogen) atoms. The van der Waals surface area contributed by atoms with E-state index < -0.39 is 5.79 Å². The molecule has 4 aliphatic heterocycles. The standard InChI is InChI=1S/C21H28N2O4/c1-4-10-22-13-15-11-16(23(27-15)12-14-8-6-5-7-9-14)18-17(22)19-20(24-18)26-21(2,3)25-19/h4-9,15-20H,1,10-13H2,2-3H3/t15-,16+,17-,18-,19+,20+/m0/s1. The van der Waals surface area contributed by atoms with Crippen LogP contribution >= 0.6 is 0 Å². The van der Waals surface area contributed by atoms with E-state index in [1.165, 1.54) is 5.56 Å². The molecule has 0 amide bonds. The summed E-state index contributed by atoms with van der Waals surface area (Å²) in [6.07, 6.45) is 2.67. The van der Waals surface area contributed by atoms with Crippen LogP contribution in [0.2, 0.25) is 0 Å². The lowest BCUT2D eigenvalue weighted by atomic mass is 9.98. The van der Waals surface area contributed by atoms with Crippen LogP contribution in [0.1, 0.15) is 25.8 Å². The van der Waals surface area contributed by atoms with Gasteiger partial charge in [-0.3, -0.25) is 9.74 Å². The van der Waals surface area contributed by atoms with E-state index in [2.05, 4.69) is 40.8 Å². The minimum Gasteiger partial charge on any atom is -0.343 e. The molecule has 4 aliphatic rings. The molecule has 0 N–H and O–H groups in total. The lowest BCUT2D eigenvalue weighted by Gasteiger charge is -2.39. The Bertz CT molecular complexity index is 697. The molecule has 4 heterocycles. The third kappa shape index (κ3) is 3.14. The molecule has 0 saturated carbocycles. The molecule has 2 bridgehead atoms. The molecule has 0 aromatic heterocycles. The molecule has 0 aliphatic carbocycles. The van der Waals surface area contributed by atoms with Gasteiger partial charge in [-0.2, -0.15) is 5.06 Å². The fourth-order valence-electron chi connectivity index (χ4n) is 5.02. The molecule has 1 aromatic carbocycles. The van der Waals surface area contributed by atoms with Crippen molar-refractivity contribution >= 4 is 0 Å². The van der Waals surface area contributed by atoms with Gasteiger partial charge in [0.25, 0.3) is 0 Å². The molecular weight excluding hydrogens is 344 g/mol. The number of benzene rings is 1. The molecule has 6 heteroatoms. The van der Waals surface area contributed by atoms with E-state index in [4.69, 9.17) is 19.0 Å². The van der Waals surface area contributed by atoms with E-state index in [9.17, 15) is 0 Å². The number of ether oxygens (including phenoxy) is 3. The van der Waals surface area contributed by atoms with Crippen molar-refractivity contribution < 1.29 is 19.0 Å². The van der Waals surface area contributed by atoms with Crippen molar-refractivity contribution in [2.75, 3.05) is 13.1 Å². The quantitative estimate of drug-likeness (QED) is 0.756. The maximum atomic E-state index is 6.43. The fourth-order valence-corrected chi connectivity index (χ4v) is 5.02. The van der Waals surface area contributed by atoms with Crippen molar-refractivity contribution in [3.8, 4) is 0 Å². The monoisotopic (exact) mass is 372 g/mol. The van der Waals surface area contributed by atoms with Gasteiger partial charge in [0, 0.05) is 19.6 Å². The minimum absolute atomic E-state index is 0.00716. The molecule has 1 aromatic rings. The Balaban J connectivity index is 1.42. The van der Waals surface area contributed by atoms with Crippen molar-refractivity contribution in [3.63, 3.8) is 0 Å².